The Bertz CT molecular complexity index is 230. The Morgan fingerprint density at radius 3 is 2.57 bits per heavy atom. The molecule has 0 aromatic carbocycles. The van der Waals surface area contributed by atoms with Gasteiger partial charge in [0.1, 0.15) is 0 Å². The summed E-state index contributed by atoms with van der Waals surface area (Å²) >= 11 is 3.42. The first-order chi connectivity index (χ1) is 6.45. The van der Waals surface area contributed by atoms with Crippen molar-refractivity contribution >= 4 is 21.8 Å². The van der Waals surface area contributed by atoms with Gasteiger partial charge in [-0.1, -0.05) is 36.7 Å². The SMILES string of the molecule is CCCN1C(=O)[C@@H](O)[C@H]1C(C)(C)CBr. The van der Waals surface area contributed by atoms with Crippen molar-refractivity contribution in [2.24, 2.45) is 5.41 Å². The number of carbonyl (C=O) groups is 1. The first-order valence-corrected chi connectivity index (χ1v) is 6.12. The smallest absolute Gasteiger partial charge is 0.253 e. The normalized spacial score (nSPS) is 27.8. The molecule has 1 rings (SSSR count). The van der Waals surface area contributed by atoms with E-state index >= 15 is 0 Å². The molecule has 0 aromatic rings. The number of halogens is 1. The van der Waals surface area contributed by atoms with Crippen LogP contribution in [0.1, 0.15) is 27.2 Å². The van der Waals surface area contributed by atoms with E-state index in [0.29, 0.717) is 0 Å². The molecule has 4 heteroatoms. The highest BCUT2D eigenvalue weighted by atomic mass is 79.9. The van der Waals surface area contributed by atoms with Gasteiger partial charge in [0.2, 0.25) is 0 Å². The highest BCUT2D eigenvalue weighted by Gasteiger charge is 2.52. The average Bonchev–Trinajstić information content (AvgIpc) is 2.16. The summed E-state index contributed by atoms with van der Waals surface area (Å²) < 4.78 is 0. The number of hydrogen-bond acceptors (Lipinski definition) is 2. The molecular formula is C10H18BrNO2. The number of aliphatic hydroxyl groups excluding tert-OH is 1. The summed E-state index contributed by atoms with van der Waals surface area (Å²) in [6.07, 6.45) is 0.141. The molecule has 82 valence electrons. The molecule has 1 N–H and O–H groups in total. The van der Waals surface area contributed by atoms with E-state index in [-0.39, 0.29) is 17.4 Å². The minimum absolute atomic E-state index is 0.0330. The lowest BCUT2D eigenvalue weighted by atomic mass is 9.76. The van der Waals surface area contributed by atoms with Gasteiger partial charge >= 0.3 is 0 Å². The number of carbonyl (C=O) groups excluding carboxylic acids is 1. The molecule has 1 aliphatic heterocycles. The van der Waals surface area contributed by atoms with Crippen molar-refractivity contribution in [2.75, 3.05) is 11.9 Å². The number of alkyl halides is 1. The fourth-order valence-corrected chi connectivity index (χ4v) is 2.28. The molecular weight excluding hydrogens is 246 g/mol. The van der Waals surface area contributed by atoms with Crippen molar-refractivity contribution in [3.63, 3.8) is 0 Å². The first-order valence-electron chi connectivity index (χ1n) is 5.00. The monoisotopic (exact) mass is 263 g/mol. The lowest BCUT2D eigenvalue weighted by Crippen LogP contribution is -2.70. The fraction of sp³-hybridized carbons (Fsp3) is 0.900. The highest BCUT2D eigenvalue weighted by molar-refractivity contribution is 9.09. The van der Waals surface area contributed by atoms with Crippen LogP contribution >= 0.6 is 15.9 Å². The van der Waals surface area contributed by atoms with Gasteiger partial charge in [-0.15, -0.1) is 0 Å². The Labute approximate surface area is 93.6 Å². The van der Waals surface area contributed by atoms with Crippen LogP contribution < -0.4 is 0 Å². The second-order valence-corrected chi connectivity index (χ2v) is 5.10. The van der Waals surface area contributed by atoms with Crippen LogP contribution in [0.15, 0.2) is 0 Å². The predicted molar refractivity (Wildman–Crippen MR) is 59.4 cm³/mol. The molecule has 0 spiro atoms. The van der Waals surface area contributed by atoms with Gasteiger partial charge in [-0.25, -0.2) is 0 Å². The summed E-state index contributed by atoms with van der Waals surface area (Å²) in [4.78, 5) is 13.2. The minimum atomic E-state index is -0.797. The van der Waals surface area contributed by atoms with E-state index < -0.39 is 6.10 Å². The summed E-state index contributed by atoms with van der Waals surface area (Å²) in [6, 6.07) is -0.0330. The Balaban J connectivity index is 2.72. The third-order valence-electron chi connectivity index (χ3n) is 2.78. The van der Waals surface area contributed by atoms with Crippen LogP contribution in [0, 0.1) is 5.41 Å². The summed E-state index contributed by atoms with van der Waals surface area (Å²) in [7, 11) is 0. The molecule has 1 amide bonds. The molecule has 1 aliphatic rings. The quantitative estimate of drug-likeness (QED) is 0.615. The van der Waals surface area contributed by atoms with Gasteiger partial charge in [-0.05, 0) is 11.8 Å². The molecule has 0 unspecified atom stereocenters. The van der Waals surface area contributed by atoms with Crippen LogP contribution in [-0.4, -0.2) is 39.9 Å². The number of nitrogens with zero attached hydrogens (tertiary/aromatic N) is 1. The minimum Gasteiger partial charge on any atom is -0.381 e. The molecule has 1 heterocycles. The predicted octanol–water partition coefficient (Wildman–Crippen LogP) is 1.39. The molecule has 1 fully saturated rings. The molecule has 2 atom stereocenters. The van der Waals surface area contributed by atoms with Crippen molar-refractivity contribution in [1.82, 2.24) is 4.90 Å². The lowest BCUT2D eigenvalue weighted by Gasteiger charge is -2.51. The third-order valence-corrected chi connectivity index (χ3v) is 4.23. The van der Waals surface area contributed by atoms with Crippen LogP contribution in [0.2, 0.25) is 0 Å². The van der Waals surface area contributed by atoms with Crippen LogP contribution in [0.5, 0.6) is 0 Å². The van der Waals surface area contributed by atoms with E-state index in [0.717, 1.165) is 18.3 Å². The maximum atomic E-state index is 11.4. The van der Waals surface area contributed by atoms with Gasteiger partial charge in [0.15, 0.2) is 6.10 Å². The van der Waals surface area contributed by atoms with Gasteiger partial charge in [-0.2, -0.15) is 0 Å². The van der Waals surface area contributed by atoms with Crippen molar-refractivity contribution in [3.05, 3.63) is 0 Å². The number of likely N-dealkylation sites (tertiary alicyclic amines) is 1. The Hall–Kier alpha value is -0.0900. The van der Waals surface area contributed by atoms with E-state index in [1.54, 1.807) is 4.90 Å². The van der Waals surface area contributed by atoms with Crippen molar-refractivity contribution in [1.29, 1.82) is 0 Å². The summed E-state index contributed by atoms with van der Waals surface area (Å²) in [5.41, 5.74) is -0.0670. The maximum absolute atomic E-state index is 11.4. The standard InChI is InChI=1S/C10H18BrNO2/c1-4-5-12-8(7(13)9(12)14)10(2,3)6-11/h7-8,13H,4-6H2,1-3H3/t7-,8-/m0/s1. The topological polar surface area (TPSA) is 40.5 Å². The zero-order valence-corrected chi connectivity index (χ0v) is 10.5. The van der Waals surface area contributed by atoms with E-state index in [2.05, 4.69) is 29.8 Å². The highest BCUT2D eigenvalue weighted by Crippen LogP contribution is 2.36. The van der Waals surface area contributed by atoms with Gasteiger partial charge in [0.25, 0.3) is 5.91 Å². The van der Waals surface area contributed by atoms with Crippen LogP contribution in [0.4, 0.5) is 0 Å². The van der Waals surface area contributed by atoms with E-state index in [4.69, 9.17) is 0 Å². The Morgan fingerprint density at radius 1 is 1.57 bits per heavy atom. The maximum Gasteiger partial charge on any atom is 0.253 e. The second-order valence-electron chi connectivity index (χ2n) is 4.54. The summed E-state index contributed by atoms with van der Waals surface area (Å²) in [5, 5.41) is 10.4. The largest absolute Gasteiger partial charge is 0.381 e. The molecule has 0 bridgehead atoms. The summed E-state index contributed by atoms with van der Waals surface area (Å²) in [5.74, 6) is -0.120. The second kappa shape index (κ2) is 4.19. The van der Waals surface area contributed by atoms with Crippen LogP contribution in [0.25, 0.3) is 0 Å². The van der Waals surface area contributed by atoms with Gasteiger partial charge < -0.3 is 10.0 Å². The number of amides is 1. The lowest BCUT2D eigenvalue weighted by molar-refractivity contribution is -0.175. The molecule has 14 heavy (non-hydrogen) atoms. The number of aliphatic hydroxyl groups is 1. The molecule has 0 radical (unpaired) electrons. The molecule has 1 saturated heterocycles. The Morgan fingerprint density at radius 2 is 2.14 bits per heavy atom. The van der Waals surface area contributed by atoms with Crippen LogP contribution in [-0.2, 0) is 4.79 Å². The fourth-order valence-electron chi connectivity index (χ4n) is 1.95. The molecule has 0 saturated carbocycles. The average molecular weight is 264 g/mol. The van der Waals surface area contributed by atoms with E-state index in [1.807, 2.05) is 6.92 Å². The molecule has 0 aromatic heterocycles. The number of hydrogen-bond donors (Lipinski definition) is 1. The van der Waals surface area contributed by atoms with Crippen molar-refractivity contribution < 1.29 is 9.90 Å². The third kappa shape index (κ3) is 1.82. The van der Waals surface area contributed by atoms with E-state index in [9.17, 15) is 9.90 Å². The van der Waals surface area contributed by atoms with E-state index in [1.165, 1.54) is 0 Å². The number of β-lactam (4-membered cyclic amide) rings is 1. The van der Waals surface area contributed by atoms with Crippen LogP contribution in [0.3, 0.4) is 0 Å². The zero-order valence-electron chi connectivity index (χ0n) is 8.96. The molecule has 3 nitrogen and oxygen atoms in total. The van der Waals surface area contributed by atoms with Gasteiger partial charge in [0, 0.05) is 11.9 Å². The zero-order chi connectivity index (χ0) is 10.9. The Kier molecular flexibility index (Phi) is 3.58. The summed E-state index contributed by atoms with van der Waals surface area (Å²) in [6.45, 7) is 6.91. The molecule has 0 aliphatic carbocycles. The van der Waals surface area contributed by atoms with Gasteiger partial charge in [-0.3, -0.25) is 4.79 Å². The number of rotatable bonds is 4. The first kappa shape index (κ1) is 12.0. The van der Waals surface area contributed by atoms with Crippen molar-refractivity contribution in [3.8, 4) is 0 Å². The van der Waals surface area contributed by atoms with Gasteiger partial charge in [0.05, 0.1) is 6.04 Å². The van der Waals surface area contributed by atoms with Crippen molar-refractivity contribution in [2.45, 2.75) is 39.3 Å².